The van der Waals surface area contributed by atoms with Gasteiger partial charge in [-0.05, 0) is 44.5 Å². The molecule has 0 aliphatic heterocycles. The molecule has 2 heterocycles. The molecule has 0 spiro atoms. The van der Waals surface area contributed by atoms with E-state index in [0.717, 1.165) is 28.2 Å². The minimum atomic E-state index is -0.750. The van der Waals surface area contributed by atoms with Gasteiger partial charge in [0.1, 0.15) is 27.8 Å². The average molecular weight is 421 g/mol. The Morgan fingerprint density at radius 3 is 2.40 bits per heavy atom. The zero-order valence-electron chi connectivity index (χ0n) is 18.0. The van der Waals surface area contributed by atoms with Gasteiger partial charge in [0, 0.05) is 11.5 Å². The van der Waals surface area contributed by atoms with Crippen LogP contribution in [-0.4, -0.2) is 10.4 Å². The fourth-order valence-electron chi connectivity index (χ4n) is 3.16. The van der Waals surface area contributed by atoms with Crippen LogP contribution in [0.2, 0.25) is 0 Å². The lowest BCUT2D eigenvalue weighted by Crippen LogP contribution is -2.33. The summed E-state index contributed by atoms with van der Waals surface area (Å²) in [5, 5.41) is 9.85. The molecule has 154 valence electrons. The summed E-state index contributed by atoms with van der Waals surface area (Å²) in [4.78, 5) is 26.4. The SMILES string of the molecule is Cc1ccc(-n2c(=O)/c(=C/c3ccc(C)o3)s/c2=C(/C#N)C(=O)C(C)(C)C)c(C)c1. The first-order valence-electron chi connectivity index (χ1n) is 9.60. The summed E-state index contributed by atoms with van der Waals surface area (Å²) >= 11 is 1.13. The van der Waals surface area contributed by atoms with E-state index >= 15 is 0 Å². The molecule has 0 atom stereocenters. The number of rotatable bonds is 3. The van der Waals surface area contributed by atoms with E-state index in [1.54, 1.807) is 32.9 Å². The van der Waals surface area contributed by atoms with Crippen molar-refractivity contribution in [3.63, 3.8) is 0 Å². The van der Waals surface area contributed by atoms with E-state index in [2.05, 4.69) is 6.07 Å². The van der Waals surface area contributed by atoms with Gasteiger partial charge in [-0.15, -0.1) is 11.3 Å². The molecular weight excluding hydrogens is 396 g/mol. The zero-order chi connectivity index (χ0) is 22.2. The van der Waals surface area contributed by atoms with E-state index in [-0.39, 0.29) is 16.9 Å². The lowest BCUT2D eigenvalue weighted by atomic mass is 9.87. The Morgan fingerprint density at radius 1 is 1.17 bits per heavy atom. The minimum absolute atomic E-state index is 0.0140. The predicted octanol–water partition coefficient (Wildman–Crippen LogP) is 3.54. The molecule has 0 unspecified atom stereocenters. The molecule has 30 heavy (non-hydrogen) atoms. The quantitative estimate of drug-likeness (QED) is 0.649. The number of nitrogens with zero attached hydrogens (tertiary/aromatic N) is 2. The summed E-state index contributed by atoms with van der Waals surface area (Å²) in [6.45, 7) is 11.0. The van der Waals surface area contributed by atoms with Crippen molar-refractivity contribution in [2.45, 2.75) is 41.5 Å². The molecule has 0 aliphatic rings. The summed E-state index contributed by atoms with van der Waals surface area (Å²) in [6, 6.07) is 11.4. The van der Waals surface area contributed by atoms with Crippen molar-refractivity contribution in [3.05, 3.63) is 72.5 Å². The van der Waals surface area contributed by atoms with E-state index < -0.39 is 5.41 Å². The van der Waals surface area contributed by atoms with Crippen LogP contribution in [0.3, 0.4) is 0 Å². The lowest BCUT2D eigenvalue weighted by molar-refractivity contribution is -0.120. The number of thiazole rings is 1. The number of Topliss-reactive ketones (excluding diaryl/α,β-unsaturated/α-hetero) is 1. The van der Waals surface area contributed by atoms with Crippen LogP contribution in [0, 0.1) is 37.5 Å². The first-order valence-corrected chi connectivity index (χ1v) is 10.4. The number of hydrogen-bond donors (Lipinski definition) is 0. The van der Waals surface area contributed by atoms with Crippen LogP contribution < -0.4 is 14.8 Å². The van der Waals surface area contributed by atoms with Crippen molar-refractivity contribution in [2.24, 2.45) is 5.41 Å². The van der Waals surface area contributed by atoms with Crippen molar-refractivity contribution >= 4 is 28.8 Å². The summed E-state index contributed by atoms with van der Waals surface area (Å²) < 4.78 is 7.80. The Bertz CT molecular complexity index is 1360. The molecule has 0 fully saturated rings. The van der Waals surface area contributed by atoms with E-state index in [9.17, 15) is 14.9 Å². The Balaban J connectivity index is 2.47. The van der Waals surface area contributed by atoms with Gasteiger partial charge in [0.05, 0.1) is 10.2 Å². The second kappa shape index (κ2) is 7.92. The molecule has 0 amide bonds. The number of aromatic nitrogens is 1. The zero-order valence-corrected chi connectivity index (χ0v) is 18.8. The minimum Gasteiger partial charge on any atom is -0.462 e. The van der Waals surface area contributed by atoms with Crippen LogP contribution in [0.1, 0.15) is 43.4 Å². The summed E-state index contributed by atoms with van der Waals surface area (Å²) in [5.41, 5.74) is 1.55. The van der Waals surface area contributed by atoms with Gasteiger partial charge in [0.2, 0.25) is 0 Å². The summed E-state index contributed by atoms with van der Waals surface area (Å²) in [5.74, 6) is 0.982. The summed E-state index contributed by atoms with van der Waals surface area (Å²) in [7, 11) is 0. The van der Waals surface area contributed by atoms with Gasteiger partial charge in [-0.25, -0.2) is 0 Å². The molecule has 0 bridgehead atoms. The number of aryl methyl sites for hydroxylation is 3. The third-order valence-corrected chi connectivity index (χ3v) is 5.78. The Kier molecular flexibility index (Phi) is 5.69. The van der Waals surface area contributed by atoms with Gasteiger partial charge in [-0.1, -0.05) is 38.5 Å². The van der Waals surface area contributed by atoms with E-state index in [1.807, 2.05) is 45.0 Å². The van der Waals surface area contributed by atoms with Crippen LogP contribution in [0.5, 0.6) is 0 Å². The van der Waals surface area contributed by atoms with Gasteiger partial charge >= 0.3 is 0 Å². The Hall–Kier alpha value is -3.17. The number of carbonyl (C=O) groups excluding carboxylic acids is 1. The molecule has 0 saturated carbocycles. The van der Waals surface area contributed by atoms with Gasteiger partial charge in [-0.3, -0.25) is 14.2 Å². The first kappa shape index (κ1) is 21.5. The van der Waals surface area contributed by atoms with Gasteiger partial charge in [0.15, 0.2) is 5.78 Å². The van der Waals surface area contributed by atoms with Crippen molar-refractivity contribution in [3.8, 4) is 11.8 Å². The fraction of sp³-hybridized carbons (Fsp3) is 0.292. The smallest absolute Gasteiger partial charge is 0.273 e. The standard InChI is InChI=1S/C24H24N2O3S/c1-14-7-10-19(15(2)11-14)26-22(28)20(12-17-9-8-16(3)29-17)30-23(26)18(13-25)21(27)24(4,5)6/h7-12H,1-6H3/b20-12-,23-18-. The van der Waals surface area contributed by atoms with E-state index in [0.29, 0.717) is 20.6 Å². The van der Waals surface area contributed by atoms with Crippen molar-refractivity contribution in [1.29, 1.82) is 5.26 Å². The third-order valence-electron chi connectivity index (χ3n) is 4.69. The molecule has 3 rings (SSSR count). The highest BCUT2D eigenvalue weighted by Gasteiger charge is 2.27. The Labute approximate surface area is 179 Å². The number of ketones is 1. The molecule has 0 radical (unpaired) electrons. The highest BCUT2D eigenvalue weighted by atomic mass is 32.1. The number of nitriles is 1. The van der Waals surface area contributed by atoms with Crippen LogP contribution in [0.15, 0.2) is 39.5 Å². The monoisotopic (exact) mass is 420 g/mol. The van der Waals surface area contributed by atoms with Crippen LogP contribution >= 0.6 is 11.3 Å². The predicted molar refractivity (Wildman–Crippen MR) is 119 cm³/mol. The van der Waals surface area contributed by atoms with Gasteiger partial charge < -0.3 is 4.42 Å². The van der Waals surface area contributed by atoms with Crippen molar-refractivity contribution in [1.82, 2.24) is 4.57 Å². The molecule has 0 aliphatic carbocycles. The van der Waals surface area contributed by atoms with E-state index in [1.165, 1.54) is 4.57 Å². The highest BCUT2D eigenvalue weighted by molar-refractivity contribution is 7.07. The molecule has 0 saturated heterocycles. The maximum atomic E-state index is 13.4. The molecule has 1 aromatic carbocycles. The summed E-state index contributed by atoms with van der Waals surface area (Å²) in [6.07, 6.45) is 1.65. The Morgan fingerprint density at radius 2 is 1.87 bits per heavy atom. The second-order valence-electron chi connectivity index (χ2n) is 8.36. The number of furan rings is 1. The molecular formula is C24H24N2O3S. The molecule has 2 aromatic heterocycles. The van der Waals surface area contributed by atoms with Crippen molar-refractivity contribution < 1.29 is 9.21 Å². The fourth-order valence-corrected chi connectivity index (χ4v) is 4.23. The molecule has 0 N–H and O–H groups in total. The van der Waals surface area contributed by atoms with Gasteiger partial charge in [0.25, 0.3) is 5.56 Å². The van der Waals surface area contributed by atoms with Crippen LogP contribution in [-0.2, 0) is 4.79 Å². The van der Waals surface area contributed by atoms with E-state index in [4.69, 9.17) is 4.42 Å². The first-order chi connectivity index (χ1) is 14.0. The topological polar surface area (TPSA) is 76.0 Å². The molecule has 3 aromatic rings. The molecule has 6 heteroatoms. The van der Waals surface area contributed by atoms with Crippen molar-refractivity contribution in [2.75, 3.05) is 0 Å². The average Bonchev–Trinajstić information content (AvgIpc) is 3.19. The normalized spacial score (nSPS) is 13.3. The molecule has 5 nitrogen and oxygen atoms in total. The largest absolute Gasteiger partial charge is 0.462 e. The van der Waals surface area contributed by atoms with Crippen LogP contribution in [0.25, 0.3) is 17.3 Å². The van der Waals surface area contributed by atoms with Gasteiger partial charge in [-0.2, -0.15) is 5.26 Å². The maximum absolute atomic E-state index is 13.4. The maximum Gasteiger partial charge on any atom is 0.273 e. The number of hydrogen-bond acceptors (Lipinski definition) is 5. The highest BCUT2D eigenvalue weighted by Crippen LogP contribution is 2.20. The number of benzene rings is 1. The third kappa shape index (κ3) is 4.07. The second-order valence-corrected chi connectivity index (χ2v) is 9.39. The lowest BCUT2D eigenvalue weighted by Gasteiger charge is -2.15. The number of carbonyl (C=O) groups is 1. The van der Waals surface area contributed by atoms with Crippen LogP contribution in [0.4, 0.5) is 0 Å².